The first-order valence-corrected chi connectivity index (χ1v) is 7.36. The third-order valence-electron chi connectivity index (χ3n) is 3.58. The molecule has 1 atom stereocenters. The number of amides is 1. The van der Waals surface area contributed by atoms with Gasteiger partial charge in [-0.3, -0.25) is 14.5 Å². The molecule has 1 aliphatic rings. The topological polar surface area (TPSA) is 58.6 Å². The van der Waals surface area contributed by atoms with Gasteiger partial charge < -0.3 is 10.1 Å². The smallest absolute Gasteiger partial charge is 0.323 e. The summed E-state index contributed by atoms with van der Waals surface area (Å²) in [4.78, 5) is 25.7. The molecular weight excluding hydrogens is 292 g/mol. The molecule has 0 spiro atoms. The van der Waals surface area contributed by atoms with E-state index in [1.54, 1.807) is 24.3 Å². The Bertz CT molecular complexity index is 521. The lowest BCUT2D eigenvalue weighted by molar-refractivity contribution is -0.148. The summed E-state index contributed by atoms with van der Waals surface area (Å²) < 4.78 is 4.81. The molecule has 1 saturated heterocycles. The van der Waals surface area contributed by atoms with Crippen LogP contribution < -0.4 is 5.32 Å². The van der Waals surface area contributed by atoms with Gasteiger partial charge in [0.2, 0.25) is 5.91 Å². The molecule has 0 radical (unpaired) electrons. The first kappa shape index (κ1) is 15.8. The second-order valence-corrected chi connectivity index (χ2v) is 5.44. The number of likely N-dealkylation sites (tertiary alicyclic amines) is 1. The van der Waals surface area contributed by atoms with E-state index in [9.17, 15) is 9.59 Å². The zero-order valence-electron chi connectivity index (χ0n) is 12.0. The minimum Gasteiger partial charge on any atom is -0.468 e. The fourth-order valence-electron chi connectivity index (χ4n) is 2.52. The molecule has 21 heavy (non-hydrogen) atoms. The van der Waals surface area contributed by atoms with Crippen LogP contribution in [0.4, 0.5) is 5.69 Å². The lowest BCUT2D eigenvalue weighted by Crippen LogP contribution is -2.48. The normalized spacial score (nSPS) is 19.0. The minimum atomic E-state index is -0.333. The van der Waals surface area contributed by atoms with Crippen molar-refractivity contribution in [2.24, 2.45) is 0 Å². The summed E-state index contributed by atoms with van der Waals surface area (Å²) in [5.41, 5.74) is 0.579. The van der Waals surface area contributed by atoms with Crippen molar-refractivity contribution < 1.29 is 14.3 Å². The highest BCUT2D eigenvalue weighted by Crippen LogP contribution is 2.21. The SMILES string of the molecule is COC(=O)[C@H]1CCCCN1CC(=O)Nc1ccccc1Cl. The Labute approximate surface area is 129 Å². The molecule has 1 heterocycles. The lowest BCUT2D eigenvalue weighted by atomic mass is 10.0. The monoisotopic (exact) mass is 310 g/mol. The summed E-state index contributed by atoms with van der Waals surface area (Å²) in [6.45, 7) is 0.876. The van der Waals surface area contributed by atoms with Crippen molar-refractivity contribution in [2.75, 3.05) is 25.5 Å². The number of nitrogens with one attached hydrogen (secondary N) is 1. The largest absolute Gasteiger partial charge is 0.468 e. The van der Waals surface area contributed by atoms with Gasteiger partial charge in [0.05, 0.1) is 24.4 Å². The maximum absolute atomic E-state index is 12.1. The summed E-state index contributed by atoms with van der Waals surface area (Å²) in [7, 11) is 1.37. The highest BCUT2D eigenvalue weighted by molar-refractivity contribution is 6.33. The van der Waals surface area contributed by atoms with Gasteiger partial charge in [-0.1, -0.05) is 30.2 Å². The van der Waals surface area contributed by atoms with Gasteiger partial charge in [-0.05, 0) is 31.5 Å². The predicted octanol–water partition coefficient (Wildman–Crippen LogP) is 2.31. The zero-order chi connectivity index (χ0) is 15.2. The van der Waals surface area contributed by atoms with Gasteiger partial charge in [-0.2, -0.15) is 0 Å². The molecule has 0 aromatic heterocycles. The molecule has 0 unspecified atom stereocenters. The summed E-state index contributed by atoms with van der Waals surface area (Å²) in [5.74, 6) is -0.459. The number of benzene rings is 1. The number of rotatable bonds is 4. The summed E-state index contributed by atoms with van der Waals surface area (Å²) in [6, 6.07) is 6.74. The Morgan fingerprint density at radius 2 is 2.14 bits per heavy atom. The number of hydrogen-bond donors (Lipinski definition) is 1. The number of esters is 1. The number of hydrogen-bond acceptors (Lipinski definition) is 4. The molecule has 1 aliphatic heterocycles. The van der Waals surface area contributed by atoms with E-state index in [4.69, 9.17) is 16.3 Å². The molecular formula is C15H19ClN2O3. The second-order valence-electron chi connectivity index (χ2n) is 5.03. The average Bonchev–Trinajstić information content (AvgIpc) is 2.49. The Hall–Kier alpha value is -1.59. The van der Waals surface area contributed by atoms with E-state index >= 15 is 0 Å². The Morgan fingerprint density at radius 3 is 2.86 bits per heavy atom. The molecule has 114 valence electrons. The van der Waals surface area contributed by atoms with Gasteiger partial charge in [0, 0.05) is 0 Å². The third-order valence-corrected chi connectivity index (χ3v) is 3.91. The number of methoxy groups -OCH3 is 1. The molecule has 2 rings (SSSR count). The van der Waals surface area contributed by atoms with E-state index in [0.29, 0.717) is 10.7 Å². The van der Waals surface area contributed by atoms with E-state index < -0.39 is 0 Å². The van der Waals surface area contributed by atoms with Crippen LogP contribution in [0.3, 0.4) is 0 Å². The highest BCUT2D eigenvalue weighted by Gasteiger charge is 2.30. The summed E-state index contributed by atoms with van der Waals surface area (Å²) in [5, 5.41) is 3.26. The number of anilines is 1. The summed E-state index contributed by atoms with van der Waals surface area (Å²) in [6.07, 6.45) is 2.68. The minimum absolute atomic E-state index is 0.158. The number of para-hydroxylation sites is 1. The molecule has 5 nitrogen and oxygen atoms in total. The Balaban J connectivity index is 1.97. The molecule has 1 amide bonds. The van der Waals surface area contributed by atoms with Gasteiger partial charge in [0.25, 0.3) is 0 Å². The predicted molar refractivity (Wildman–Crippen MR) is 81.3 cm³/mol. The van der Waals surface area contributed by atoms with Crippen molar-refractivity contribution in [3.05, 3.63) is 29.3 Å². The molecule has 0 bridgehead atoms. The number of ether oxygens (including phenoxy) is 1. The van der Waals surface area contributed by atoms with E-state index in [0.717, 1.165) is 25.8 Å². The summed E-state index contributed by atoms with van der Waals surface area (Å²) >= 11 is 6.01. The lowest BCUT2D eigenvalue weighted by Gasteiger charge is -2.33. The maximum atomic E-state index is 12.1. The van der Waals surface area contributed by atoms with E-state index in [-0.39, 0.29) is 24.5 Å². The van der Waals surface area contributed by atoms with Crippen molar-refractivity contribution in [3.63, 3.8) is 0 Å². The Morgan fingerprint density at radius 1 is 1.38 bits per heavy atom. The van der Waals surface area contributed by atoms with Crippen LogP contribution in [0.1, 0.15) is 19.3 Å². The molecule has 0 aliphatic carbocycles. The van der Waals surface area contributed by atoms with E-state index in [2.05, 4.69) is 5.32 Å². The molecule has 6 heteroatoms. The maximum Gasteiger partial charge on any atom is 0.323 e. The molecule has 1 aromatic carbocycles. The molecule has 1 fully saturated rings. The molecule has 0 saturated carbocycles. The van der Waals surface area contributed by atoms with Crippen molar-refractivity contribution in [2.45, 2.75) is 25.3 Å². The number of nitrogens with zero attached hydrogens (tertiary/aromatic N) is 1. The number of piperidine rings is 1. The first-order valence-electron chi connectivity index (χ1n) is 6.98. The number of halogens is 1. The van der Waals surface area contributed by atoms with Crippen molar-refractivity contribution in [1.29, 1.82) is 0 Å². The van der Waals surface area contributed by atoms with Crippen molar-refractivity contribution in [1.82, 2.24) is 4.90 Å². The molecule has 1 aromatic rings. The standard InChI is InChI=1S/C15H19ClN2O3/c1-21-15(20)13-8-4-5-9-18(13)10-14(19)17-12-7-3-2-6-11(12)16/h2-3,6-7,13H,4-5,8-10H2,1H3,(H,17,19)/t13-/m1/s1. The van der Waals surface area contributed by atoms with Gasteiger partial charge in [0.15, 0.2) is 0 Å². The third kappa shape index (κ3) is 4.19. The van der Waals surface area contributed by atoms with E-state index in [1.165, 1.54) is 7.11 Å². The quantitative estimate of drug-likeness (QED) is 0.867. The van der Waals surface area contributed by atoms with Crippen LogP contribution >= 0.6 is 11.6 Å². The van der Waals surface area contributed by atoms with Crippen LogP contribution in [-0.2, 0) is 14.3 Å². The van der Waals surface area contributed by atoms with E-state index in [1.807, 2.05) is 4.90 Å². The van der Waals surface area contributed by atoms with Gasteiger partial charge >= 0.3 is 5.97 Å². The Kier molecular flexibility index (Phi) is 5.59. The van der Waals surface area contributed by atoms with Crippen LogP contribution in [0.5, 0.6) is 0 Å². The van der Waals surface area contributed by atoms with Crippen LogP contribution in [0.15, 0.2) is 24.3 Å². The van der Waals surface area contributed by atoms with Crippen molar-refractivity contribution in [3.8, 4) is 0 Å². The van der Waals surface area contributed by atoms with Crippen molar-refractivity contribution >= 4 is 29.2 Å². The number of carbonyl (C=O) groups excluding carboxylic acids is 2. The zero-order valence-corrected chi connectivity index (χ0v) is 12.7. The fraction of sp³-hybridized carbons (Fsp3) is 0.467. The van der Waals surface area contributed by atoms with Crippen LogP contribution in [0.2, 0.25) is 5.02 Å². The molecule has 1 N–H and O–H groups in total. The van der Waals surface area contributed by atoms with Gasteiger partial charge in [0.1, 0.15) is 6.04 Å². The van der Waals surface area contributed by atoms with Gasteiger partial charge in [-0.25, -0.2) is 0 Å². The van der Waals surface area contributed by atoms with Crippen LogP contribution in [0, 0.1) is 0 Å². The number of carbonyl (C=O) groups is 2. The van der Waals surface area contributed by atoms with Crippen LogP contribution in [0.25, 0.3) is 0 Å². The first-order chi connectivity index (χ1) is 10.1. The van der Waals surface area contributed by atoms with Gasteiger partial charge in [-0.15, -0.1) is 0 Å². The van der Waals surface area contributed by atoms with Crippen LogP contribution in [-0.4, -0.2) is 43.0 Å². The average molecular weight is 311 g/mol. The highest BCUT2D eigenvalue weighted by atomic mass is 35.5. The second kappa shape index (κ2) is 7.43. The fourth-order valence-corrected chi connectivity index (χ4v) is 2.70.